The van der Waals surface area contributed by atoms with Crippen LogP contribution in [0.4, 0.5) is 11.4 Å². The van der Waals surface area contributed by atoms with Crippen molar-refractivity contribution >= 4 is 35.6 Å². The molecule has 0 radical (unpaired) electrons. The van der Waals surface area contributed by atoms with E-state index in [4.69, 9.17) is 0 Å². The number of hydrogen-bond acceptors (Lipinski definition) is 6. The number of nitrogens with zero attached hydrogens (tertiary/aromatic N) is 4. The van der Waals surface area contributed by atoms with Crippen LogP contribution in [0.2, 0.25) is 0 Å². The number of rotatable bonds is 14. The third-order valence-corrected chi connectivity index (χ3v) is 5.66. The summed E-state index contributed by atoms with van der Waals surface area (Å²) in [4.78, 5) is 28.4. The Hall–Kier alpha value is -3.68. The molecule has 8 heteroatoms. The summed E-state index contributed by atoms with van der Waals surface area (Å²) in [7, 11) is 0. The van der Waals surface area contributed by atoms with Gasteiger partial charge >= 0.3 is 0 Å². The zero-order valence-electron chi connectivity index (χ0n) is 21.3. The molecule has 0 aliphatic heterocycles. The second kappa shape index (κ2) is 15.3. The molecule has 8 nitrogen and oxygen atoms in total. The fraction of sp³-hybridized carbons (Fsp3) is 0.407. The fourth-order valence-corrected chi connectivity index (χ4v) is 3.60. The smallest absolute Gasteiger partial charge is 0.240 e. The van der Waals surface area contributed by atoms with Crippen molar-refractivity contribution in [3.05, 3.63) is 59.7 Å². The van der Waals surface area contributed by atoms with E-state index in [1.165, 1.54) is 0 Å². The van der Waals surface area contributed by atoms with Gasteiger partial charge in [0.2, 0.25) is 11.8 Å². The maximum atomic E-state index is 12.0. The van der Waals surface area contributed by atoms with Crippen LogP contribution in [0.1, 0.15) is 58.1 Å². The highest BCUT2D eigenvalue weighted by Crippen LogP contribution is 2.15. The fourth-order valence-electron chi connectivity index (χ4n) is 3.60. The standard InChI is InChI=1S/C27H38N6O2/c1-5-32(6-2)24-16-12-22(13-17-24)20-28-30-26(34)10-9-11-27(35)31-29-21-23-14-18-25(19-15-23)33(7-3)8-4/h12-21H,5-11H2,1-4H3,(H,30,34)(H,31,35)/b28-20-,29-21+. The minimum Gasteiger partial charge on any atom is -0.372 e. The molecule has 2 aromatic rings. The van der Waals surface area contributed by atoms with Crippen LogP contribution in [0.25, 0.3) is 0 Å². The van der Waals surface area contributed by atoms with Crippen molar-refractivity contribution in [1.29, 1.82) is 0 Å². The highest BCUT2D eigenvalue weighted by Gasteiger charge is 2.05. The molecule has 0 saturated carbocycles. The molecule has 0 spiro atoms. The summed E-state index contributed by atoms with van der Waals surface area (Å²) in [6.45, 7) is 12.3. The van der Waals surface area contributed by atoms with E-state index in [0.717, 1.165) is 48.7 Å². The molecular weight excluding hydrogens is 440 g/mol. The Morgan fingerprint density at radius 3 is 1.31 bits per heavy atom. The van der Waals surface area contributed by atoms with Gasteiger partial charge in [0.15, 0.2) is 0 Å². The first kappa shape index (κ1) is 27.6. The van der Waals surface area contributed by atoms with E-state index >= 15 is 0 Å². The molecule has 0 unspecified atom stereocenters. The highest BCUT2D eigenvalue weighted by atomic mass is 16.2. The van der Waals surface area contributed by atoms with Crippen LogP contribution >= 0.6 is 0 Å². The molecule has 2 rings (SSSR count). The quantitative estimate of drug-likeness (QED) is 0.315. The van der Waals surface area contributed by atoms with Crippen molar-refractivity contribution in [2.45, 2.75) is 47.0 Å². The summed E-state index contributed by atoms with van der Waals surface area (Å²) >= 11 is 0. The van der Waals surface area contributed by atoms with Crippen LogP contribution in [0.3, 0.4) is 0 Å². The van der Waals surface area contributed by atoms with Crippen molar-refractivity contribution < 1.29 is 9.59 Å². The number of nitrogens with one attached hydrogen (secondary N) is 2. The Morgan fingerprint density at radius 1 is 0.657 bits per heavy atom. The summed E-state index contributed by atoms with van der Waals surface area (Å²) in [5.74, 6) is -0.462. The maximum absolute atomic E-state index is 12.0. The van der Waals surface area contributed by atoms with Gasteiger partial charge in [-0.25, -0.2) is 10.9 Å². The molecule has 0 fully saturated rings. The molecule has 0 aliphatic rings. The first-order chi connectivity index (χ1) is 17.0. The average Bonchev–Trinajstić information content (AvgIpc) is 2.87. The summed E-state index contributed by atoms with van der Waals surface area (Å²) in [5.41, 5.74) is 9.14. The molecule has 188 valence electrons. The molecule has 2 amide bonds. The van der Waals surface area contributed by atoms with Gasteiger partial charge in [-0.1, -0.05) is 24.3 Å². The van der Waals surface area contributed by atoms with Gasteiger partial charge in [-0.2, -0.15) is 10.2 Å². The molecule has 0 saturated heterocycles. The summed E-state index contributed by atoms with van der Waals surface area (Å²) in [5, 5.41) is 8.00. The van der Waals surface area contributed by atoms with E-state index in [2.05, 4.69) is 58.5 Å². The largest absolute Gasteiger partial charge is 0.372 e. The van der Waals surface area contributed by atoms with Crippen LogP contribution in [0.5, 0.6) is 0 Å². The Bertz CT molecular complexity index is 883. The van der Waals surface area contributed by atoms with Crippen molar-refractivity contribution in [3.8, 4) is 0 Å². The van der Waals surface area contributed by atoms with Crippen molar-refractivity contribution in [1.82, 2.24) is 10.9 Å². The first-order valence-corrected chi connectivity index (χ1v) is 12.3. The third kappa shape index (κ3) is 9.60. The van der Waals surface area contributed by atoms with Gasteiger partial charge in [-0.3, -0.25) is 9.59 Å². The Kier molecular flexibility index (Phi) is 12.0. The van der Waals surface area contributed by atoms with E-state index in [0.29, 0.717) is 6.42 Å². The topological polar surface area (TPSA) is 89.4 Å². The van der Waals surface area contributed by atoms with E-state index in [-0.39, 0.29) is 24.7 Å². The summed E-state index contributed by atoms with van der Waals surface area (Å²) < 4.78 is 0. The van der Waals surface area contributed by atoms with Gasteiger partial charge in [0, 0.05) is 50.4 Å². The lowest BCUT2D eigenvalue weighted by Crippen LogP contribution is -2.21. The molecule has 0 aromatic heterocycles. The molecular formula is C27H38N6O2. The number of carbonyl (C=O) groups is 2. The van der Waals surface area contributed by atoms with Crippen molar-refractivity contribution in [3.63, 3.8) is 0 Å². The Morgan fingerprint density at radius 2 is 1.00 bits per heavy atom. The van der Waals surface area contributed by atoms with Crippen molar-refractivity contribution in [2.75, 3.05) is 36.0 Å². The number of anilines is 2. The third-order valence-electron chi connectivity index (χ3n) is 5.66. The zero-order valence-corrected chi connectivity index (χ0v) is 21.3. The monoisotopic (exact) mass is 478 g/mol. The number of benzene rings is 2. The van der Waals surface area contributed by atoms with E-state index in [9.17, 15) is 9.59 Å². The van der Waals surface area contributed by atoms with Crippen LogP contribution in [0, 0.1) is 0 Å². The Balaban J connectivity index is 1.66. The molecule has 2 N–H and O–H groups in total. The summed E-state index contributed by atoms with van der Waals surface area (Å²) in [6, 6.07) is 16.0. The van der Waals surface area contributed by atoms with Crippen molar-refractivity contribution in [2.24, 2.45) is 10.2 Å². The average molecular weight is 479 g/mol. The zero-order chi connectivity index (χ0) is 25.5. The molecule has 0 heterocycles. The maximum Gasteiger partial charge on any atom is 0.240 e. The van der Waals surface area contributed by atoms with Gasteiger partial charge in [-0.15, -0.1) is 0 Å². The second-order valence-electron chi connectivity index (χ2n) is 7.97. The molecule has 0 aliphatic carbocycles. The molecule has 0 bridgehead atoms. The number of amides is 2. The van der Waals surface area contributed by atoms with Crippen LogP contribution in [0.15, 0.2) is 58.7 Å². The minimum atomic E-state index is -0.231. The number of hydrogen-bond donors (Lipinski definition) is 2. The SMILES string of the molecule is CCN(CC)c1ccc(/C=N\NC(=O)CCCC(=O)N/N=C/c2ccc(N(CC)CC)cc2)cc1. The predicted octanol–water partition coefficient (Wildman–Crippen LogP) is 4.15. The van der Waals surface area contributed by atoms with E-state index < -0.39 is 0 Å². The summed E-state index contributed by atoms with van der Waals surface area (Å²) in [6.07, 6.45) is 4.06. The van der Waals surface area contributed by atoms with Gasteiger partial charge in [0.25, 0.3) is 0 Å². The lowest BCUT2D eigenvalue weighted by Gasteiger charge is -2.20. The van der Waals surface area contributed by atoms with Gasteiger partial charge < -0.3 is 9.80 Å². The molecule has 2 aromatic carbocycles. The van der Waals surface area contributed by atoms with Crippen LogP contribution < -0.4 is 20.7 Å². The van der Waals surface area contributed by atoms with Gasteiger partial charge in [-0.05, 0) is 69.5 Å². The number of hydrazone groups is 2. The first-order valence-electron chi connectivity index (χ1n) is 12.3. The Labute approximate surface area is 209 Å². The van der Waals surface area contributed by atoms with E-state index in [1.54, 1.807) is 12.4 Å². The van der Waals surface area contributed by atoms with Crippen LogP contribution in [-0.4, -0.2) is 50.4 Å². The van der Waals surface area contributed by atoms with Gasteiger partial charge in [0.05, 0.1) is 12.4 Å². The molecule has 0 atom stereocenters. The minimum absolute atomic E-state index is 0.211. The highest BCUT2D eigenvalue weighted by molar-refractivity contribution is 5.84. The normalized spacial score (nSPS) is 11.1. The lowest BCUT2D eigenvalue weighted by atomic mass is 10.2. The predicted molar refractivity (Wildman–Crippen MR) is 145 cm³/mol. The van der Waals surface area contributed by atoms with Crippen LogP contribution in [-0.2, 0) is 9.59 Å². The molecule has 35 heavy (non-hydrogen) atoms. The lowest BCUT2D eigenvalue weighted by molar-refractivity contribution is -0.122. The van der Waals surface area contributed by atoms with Gasteiger partial charge in [0.1, 0.15) is 0 Å². The number of carbonyl (C=O) groups excluding carboxylic acids is 2. The second-order valence-corrected chi connectivity index (χ2v) is 7.97. The van der Waals surface area contributed by atoms with E-state index in [1.807, 2.05) is 48.5 Å².